The summed E-state index contributed by atoms with van der Waals surface area (Å²) in [6.07, 6.45) is 1.34. The van der Waals surface area contributed by atoms with E-state index in [4.69, 9.17) is 4.74 Å². The highest BCUT2D eigenvalue weighted by Gasteiger charge is 1.90. The average Bonchev–Trinajstić information content (AvgIpc) is 2.14. The molecule has 0 bridgehead atoms. The van der Waals surface area contributed by atoms with E-state index in [1.165, 1.54) is 6.08 Å². The largest absolute Gasteiger partial charge is 0.373 e. The Morgan fingerprint density at radius 2 is 2.08 bits per heavy atom. The predicted molar refractivity (Wildman–Crippen MR) is 54.2 cm³/mol. The van der Waals surface area contributed by atoms with Crippen molar-refractivity contribution in [1.82, 2.24) is 0 Å². The molecule has 0 heterocycles. The van der Waals surface area contributed by atoms with E-state index >= 15 is 0 Å². The van der Waals surface area contributed by atoms with Gasteiger partial charge >= 0.3 is 0 Å². The first-order chi connectivity index (χ1) is 6.29. The molecule has 0 saturated carbocycles. The topological polar surface area (TPSA) is 9.23 Å². The van der Waals surface area contributed by atoms with Gasteiger partial charge in [-0.25, -0.2) is 0 Å². The Labute approximate surface area is 85.3 Å². The molecular weight excluding hydrogens is 235 g/mol. The molecule has 0 saturated heterocycles. The first-order valence-corrected chi connectivity index (χ1v) is 4.71. The Kier molecular flexibility index (Phi) is 4.72. The first-order valence-electron chi connectivity index (χ1n) is 3.92. The highest BCUT2D eigenvalue weighted by Crippen LogP contribution is 2.05. The van der Waals surface area contributed by atoms with E-state index in [0.717, 1.165) is 5.56 Å². The van der Waals surface area contributed by atoms with E-state index in [1.54, 1.807) is 0 Å². The van der Waals surface area contributed by atoms with Gasteiger partial charge in [0.1, 0.15) is 0 Å². The molecule has 0 fully saturated rings. The molecule has 0 aliphatic carbocycles. The second-order valence-corrected chi connectivity index (χ2v) is 3.25. The Hall–Kier alpha value is -0.670. The lowest BCUT2D eigenvalue weighted by Gasteiger charge is -2.00. The summed E-state index contributed by atoms with van der Waals surface area (Å²) >= 11 is 2.68. The minimum atomic E-state index is -0.388. The quantitative estimate of drug-likeness (QED) is 0.738. The van der Waals surface area contributed by atoms with Gasteiger partial charge in [0.05, 0.1) is 13.2 Å². The van der Waals surface area contributed by atoms with Crippen molar-refractivity contribution in [2.75, 3.05) is 6.61 Å². The summed E-state index contributed by atoms with van der Waals surface area (Å²) in [5, 5.41) is 0. The van der Waals surface area contributed by atoms with Crippen LogP contribution in [0.2, 0.25) is 0 Å². The summed E-state index contributed by atoms with van der Waals surface area (Å²) in [5.74, 6) is 0. The Balaban J connectivity index is 2.25. The maximum absolute atomic E-state index is 12.1. The van der Waals surface area contributed by atoms with Crippen molar-refractivity contribution in [3.8, 4) is 0 Å². The van der Waals surface area contributed by atoms with E-state index in [2.05, 4.69) is 15.9 Å². The van der Waals surface area contributed by atoms with Crippen LogP contribution in [-0.4, -0.2) is 6.61 Å². The second kappa shape index (κ2) is 5.89. The van der Waals surface area contributed by atoms with Crippen LogP contribution in [0.4, 0.5) is 4.39 Å². The number of ether oxygens (including phenoxy) is 1. The van der Waals surface area contributed by atoms with Crippen LogP contribution in [-0.2, 0) is 11.3 Å². The molecular formula is C10H10BrFO. The zero-order chi connectivity index (χ0) is 9.52. The van der Waals surface area contributed by atoms with Gasteiger partial charge in [-0.05, 0) is 27.6 Å². The smallest absolute Gasteiger partial charge is 0.164 e. The normalized spacial score (nSPS) is 11.7. The molecule has 0 amide bonds. The van der Waals surface area contributed by atoms with E-state index < -0.39 is 0 Å². The molecule has 0 radical (unpaired) electrons. The Bertz CT molecular complexity index is 268. The van der Waals surface area contributed by atoms with Crippen molar-refractivity contribution < 1.29 is 9.13 Å². The van der Waals surface area contributed by atoms with Crippen LogP contribution < -0.4 is 0 Å². The van der Waals surface area contributed by atoms with Crippen molar-refractivity contribution in [1.29, 1.82) is 0 Å². The van der Waals surface area contributed by atoms with Crippen LogP contribution in [0.15, 0.2) is 41.1 Å². The third kappa shape index (κ3) is 4.80. The molecule has 1 nitrogen and oxygen atoms in total. The third-order valence-corrected chi connectivity index (χ3v) is 1.79. The number of rotatable bonds is 4. The fourth-order valence-corrected chi connectivity index (χ4v) is 1.01. The van der Waals surface area contributed by atoms with Crippen molar-refractivity contribution in [2.24, 2.45) is 0 Å². The molecule has 0 aromatic heterocycles. The third-order valence-electron chi connectivity index (χ3n) is 1.47. The molecule has 1 aromatic rings. The van der Waals surface area contributed by atoms with Crippen molar-refractivity contribution in [3.05, 3.63) is 46.7 Å². The van der Waals surface area contributed by atoms with Gasteiger partial charge in [-0.15, -0.1) is 0 Å². The maximum Gasteiger partial charge on any atom is 0.164 e. The van der Waals surface area contributed by atoms with E-state index in [-0.39, 0.29) is 11.3 Å². The van der Waals surface area contributed by atoms with Gasteiger partial charge in [-0.1, -0.05) is 30.3 Å². The molecule has 70 valence electrons. The van der Waals surface area contributed by atoms with Gasteiger partial charge in [0, 0.05) is 0 Å². The molecule has 0 N–H and O–H groups in total. The van der Waals surface area contributed by atoms with Crippen LogP contribution in [0.5, 0.6) is 0 Å². The Morgan fingerprint density at radius 3 is 2.69 bits per heavy atom. The van der Waals surface area contributed by atoms with Crippen LogP contribution >= 0.6 is 15.9 Å². The van der Waals surface area contributed by atoms with E-state index in [9.17, 15) is 4.39 Å². The molecule has 13 heavy (non-hydrogen) atoms. The standard InChI is InChI=1S/C10H10BrFO/c11-10(12)6-7-13-8-9-4-2-1-3-5-9/h1-6H,7-8H2/b10-6+. The lowest BCUT2D eigenvalue weighted by Crippen LogP contribution is -1.92. The molecule has 1 rings (SSSR count). The Morgan fingerprint density at radius 1 is 1.38 bits per heavy atom. The minimum absolute atomic E-state index is 0.284. The average molecular weight is 245 g/mol. The summed E-state index contributed by atoms with van der Waals surface area (Å²) in [7, 11) is 0. The van der Waals surface area contributed by atoms with Gasteiger partial charge in [-0.3, -0.25) is 0 Å². The summed E-state index contributed by atoms with van der Waals surface area (Å²) in [6.45, 7) is 0.795. The number of hydrogen-bond acceptors (Lipinski definition) is 1. The molecule has 0 atom stereocenters. The van der Waals surface area contributed by atoms with Crippen molar-refractivity contribution >= 4 is 15.9 Å². The highest BCUT2D eigenvalue weighted by atomic mass is 79.9. The zero-order valence-corrected chi connectivity index (χ0v) is 8.63. The molecule has 0 spiro atoms. The van der Waals surface area contributed by atoms with E-state index in [1.807, 2.05) is 30.3 Å². The van der Waals surface area contributed by atoms with Crippen molar-refractivity contribution in [2.45, 2.75) is 6.61 Å². The molecule has 0 unspecified atom stereocenters. The molecule has 1 aromatic carbocycles. The first kappa shape index (κ1) is 10.4. The molecule has 0 aliphatic rings. The summed E-state index contributed by atoms with van der Waals surface area (Å²) in [5.41, 5.74) is 1.09. The minimum Gasteiger partial charge on any atom is -0.373 e. The highest BCUT2D eigenvalue weighted by molar-refractivity contribution is 9.11. The SMILES string of the molecule is F/C(Br)=C/COCc1ccccc1. The van der Waals surface area contributed by atoms with Crippen molar-refractivity contribution in [3.63, 3.8) is 0 Å². The number of hydrogen-bond donors (Lipinski definition) is 0. The van der Waals surface area contributed by atoms with Gasteiger partial charge in [0.15, 0.2) is 4.74 Å². The predicted octanol–water partition coefficient (Wildman–Crippen LogP) is 3.41. The molecule has 3 heteroatoms. The lowest BCUT2D eigenvalue weighted by molar-refractivity contribution is 0.148. The van der Waals surface area contributed by atoms with Gasteiger partial charge in [-0.2, -0.15) is 4.39 Å². The maximum atomic E-state index is 12.1. The van der Waals surface area contributed by atoms with Crippen LogP contribution in [0.25, 0.3) is 0 Å². The van der Waals surface area contributed by atoms with Gasteiger partial charge in [0.2, 0.25) is 0 Å². The van der Waals surface area contributed by atoms with Gasteiger partial charge in [0.25, 0.3) is 0 Å². The fraction of sp³-hybridized carbons (Fsp3) is 0.200. The number of benzene rings is 1. The monoisotopic (exact) mass is 244 g/mol. The van der Waals surface area contributed by atoms with Crippen LogP contribution in [0.3, 0.4) is 0 Å². The summed E-state index contributed by atoms with van der Waals surface area (Å²) in [6, 6.07) is 9.77. The van der Waals surface area contributed by atoms with Crippen LogP contribution in [0, 0.1) is 0 Å². The number of halogens is 2. The second-order valence-electron chi connectivity index (χ2n) is 2.49. The summed E-state index contributed by atoms with van der Waals surface area (Å²) < 4.78 is 16.9. The lowest BCUT2D eigenvalue weighted by atomic mass is 10.2. The van der Waals surface area contributed by atoms with Gasteiger partial charge < -0.3 is 4.74 Å². The van der Waals surface area contributed by atoms with Crippen LogP contribution in [0.1, 0.15) is 5.56 Å². The summed E-state index contributed by atoms with van der Waals surface area (Å²) in [4.78, 5) is 0. The van der Waals surface area contributed by atoms with E-state index in [0.29, 0.717) is 6.61 Å². The fourth-order valence-electron chi connectivity index (χ4n) is 0.873. The zero-order valence-electron chi connectivity index (χ0n) is 7.04. The molecule has 0 aliphatic heterocycles.